The van der Waals surface area contributed by atoms with Crippen LogP contribution in [0.2, 0.25) is 0 Å². The fourth-order valence-electron chi connectivity index (χ4n) is 5.42. The zero-order valence-electron chi connectivity index (χ0n) is 19.7. The Morgan fingerprint density at radius 3 is 2.80 bits per heavy atom. The molecule has 1 aromatic heterocycles. The third-order valence-corrected chi connectivity index (χ3v) is 6.88. The highest BCUT2D eigenvalue weighted by Crippen LogP contribution is 2.51. The summed E-state index contributed by atoms with van der Waals surface area (Å²) in [5.41, 5.74) is -0.759. The fourth-order valence-corrected chi connectivity index (χ4v) is 5.42. The molecule has 2 aliphatic heterocycles. The second-order valence-corrected chi connectivity index (χ2v) is 8.90. The number of amides is 2. The number of nitrogens with zero attached hydrogens (tertiary/aromatic N) is 3. The predicted octanol–water partition coefficient (Wildman–Crippen LogP) is 2.66. The first-order valence-corrected chi connectivity index (χ1v) is 11.9. The van der Waals surface area contributed by atoms with Gasteiger partial charge in [0, 0.05) is 18.7 Å². The highest BCUT2D eigenvalue weighted by atomic mass is 16.5. The molecule has 2 saturated heterocycles. The van der Waals surface area contributed by atoms with Crippen molar-refractivity contribution in [1.82, 2.24) is 9.80 Å². The maximum atomic E-state index is 14.1. The van der Waals surface area contributed by atoms with Crippen LogP contribution in [-0.4, -0.2) is 64.5 Å². The molecule has 9 heteroatoms. The second-order valence-electron chi connectivity index (χ2n) is 8.90. The summed E-state index contributed by atoms with van der Waals surface area (Å²) in [7, 11) is 0. The van der Waals surface area contributed by atoms with Gasteiger partial charge in [0.15, 0.2) is 0 Å². The van der Waals surface area contributed by atoms with Crippen molar-refractivity contribution < 1.29 is 28.6 Å². The number of esters is 1. The highest BCUT2D eigenvalue weighted by Gasteiger charge is 2.62. The Morgan fingerprint density at radius 1 is 1.29 bits per heavy atom. The van der Waals surface area contributed by atoms with E-state index >= 15 is 0 Å². The van der Waals surface area contributed by atoms with Gasteiger partial charge in [-0.25, -0.2) is 0 Å². The number of benzene rings is 1. The number of furan rings is 1. The average Bonchev–Trinajstić information content (AvgIpc) is 3.48. The van der Waals surface area contributed by atoms with Gasteiger partial charge in [0.1, 0.15) is 17.3 Å². The van der Waals surface area contributed by atoms with Crippen LogP contribution in [0.3, 0.4) is 0 Å². The van der Waals surface area contributed by atoms with E-state index in [1.54, 1.807) is 42.2 Å². The van der Waals surface area contributed by atoms with Crippen molar-refractivity contribution in [2.45, 2.75) is 44.2 Å². The lowest BCUT2D eigenvalue weighted by Gasteiger charge is -2.41. The number of carbonyl (C=O) groups is 3. The Morgan fingerprint density at radius 2 is 2.11 bits per heavy atom. The minimum Gasteiger partial charge on any atom is -0.467 e. The average molecular weight is 480 g/mol. The molecule has 2 fully saturated rings. The molecule has 3 heterocycles. The van der Waals surface area contributed by atoms with Crippen molar-refractivity contribution in [3.8, 4) is 6.07 Å². The maximum Gasteiger partial charge on any atom is 0.311 e. The molecular formula is C26H29N3O6. The molecule has 9 nitrogen and oxygen atoms in total. The van der Waals surface area contributed by atoms with E-state index in [-0.39, 0.29) is 37.6 Å². The van der Waals surface area contributed by atoms with Crippen LogP contribution in [0.1, 0.15) is 60.3 Å². The zero-order chi connectivity index (χ0) is 25.0. The van der Waals surface area contributed by atoms with Crippen LogP contribution < -0.4 is 0 Å². The van der Waals surface area contributed by atoms with Crippen LogP contribution in [0, 0.1) is 17.2 Å². The largest absolute Gasteiger partial charge is 0.467 e. The molecule has 0 saturated carbocycles. The highest BCUT2D eigenvalue weighted by molar-refractivity contribution is 6.01. The number of aliphatic hydroxyl groups excluding tert-OH is 1. The Bertz CT molecular complexity index is 1120. The fraction of sp³-hybridized carbons (Fsp3) is 0.462. The molecule has 2 aliphatic rings. The molecule has 1 aromatic carbocycles. The molecule has 184 valence electrons. The zero-order valence-corrected chi connectivity index (χ0v) is 19.7. The normalized spacial score (nSPS) is 24.3. The van der Waals surface area contributed by atoms with Gasteiger partial charge in [0.2, 0.25) is 5.91 Å². The van der Waals surface area contributed by atoms with E-state index in [1.165, 1.54) is 17.2 Å². The lowest BCUT2D eigenvalue weighted by Crippen LogP contribution is -2.58. The number of aliphatic hydroxyl groups is 1. The van der Waals surface area contributed by atoms with Crippen LogP contribution >= 0.6 is 0 Å². The first-order chi connectivity index (χ1) is 17.0. The summed E-state index contributed by atoms with van der Waals surface area (Å²) in [4.78, 5) is 44.4. The Labute approximate surface area is 203 Å². The molecule has 2 amide bonds. The van der Waals surface area contributed by atoms with E-state index in [4.69, 9.17) is 9.15 Å². The van der Waals surface area contributed by atoms with Gasteiger partial charge in [-0.1, -0.05) is 6.07 Å². The van der Waals surface area contributed by atoms with E-state index in [9.17, 15) is 24.8 Å². The molecule has 0 aliphatic carbocycles. The summed E-state index contributed by atoms with van der Waals surface area (Å²) >= 11 is 0. The van der Waals surface area contributed by atoms with E-state index in [0.717, 1.165) is 6.42 Å². The molecular weight excluding hydrogens is 450 g/mol. The molecule has 2 aromatic rings. The number of hydrogen-bond acceptors (Lipinski definition) is 7. The molecule has 0 radical (unpaired) electrons. The van der Waals surface area contributed by atoms with E-state index in [1.807, 2.05) is 6.07 Å². The van der Waals surface area contributed by atoms with Gasteiger partial charge in [-0.3, -0.25) is 14.4 Å². The van der Waals surface area contributed by atoms with Crippen LogP contribution in [0.25, 0.3) is 0 Å². The second kappa shape index (κ2) is 10.3. The van der Waals surface area contributed by atoms with Crippen molar-refractivity contribution in [3.63, 3.8) is 0 Å². The molecule has 35 heavy (non-hydrogen) atoms. The Balaban J connectivity index is 1.90. The Hall–Kier alpha value is -3.64. The summed E-state index contributed by atoms with van der Waals surface area (Å²) in [6.45, 7) is 2.27. The summed E-state index contributed by atoms with van der Waals surface area (Å²) in [6.07, 6.45) is 3.30. The van der Waals surface area contributed by atoms with Crippen molar-refractivity contribution in [3.05, 3.63) is 59.5 Å². The van der Waals surface area contributed by atoms with E-state index in [2.05, 4.69) is 0 Å². The van der Waals surface area contributed by atoms with E-state index in [0.29, 0.717) is 30.7 Å². The molecule has 0 bridgehead atoms. The van der Waals surface area contributed by atoms with Crippen molar-refractivity contribution in [2.24, 2.45) is 5.92 Å². The molecule has 4 rings (SSSR count). The van der Waals surface area contributed by atoms with Gasteiger partial charge >= 0.3 is 5.97 Å². The Kier molecular flexibility index (Phi) is 7.22. The van der Waals surface area contributed by atoms with Gasteiger partial charge in [-0.05, 0) is 62.9 Å². The lowest BCUT2D eigenvalue weighted by atomic mass is 9.85. The lowest BCUT2D eigenvalue weighted by molar-refractivity contribution is -0.149. The van der Waals surface area contributed by atoms with Crippen LogP contribution in [0.5, 0.6) is 0 Å². The number of likely N-dealkylation sites (tertiary alicyclic amines) is 2. The summed E-state index contributed by atoms with van der Waals surface area (Å²) < 4.78 is 11.1. The third kappa shape index (κ3) is 4.42. The van der Waals surface area contributed by atoms with Crippen molar-refractivity contribution >= 4 is 17.8 Å². The smallest absolute Gasteiger partial charge is 0.311 e. The van der Waals surface area contributed by atoms with Gasteiger partial charge in [-0.2, -0.15) is 5.26 Å². The van der Waals surface area contributed by atoms with Gasteiger partial charge in [0.05, 0.1) is 37.0 Å². The van der Waals surface area contributed by atoms with Gasteiger partial charge in [-0.15, -0.1) is 0 Å². The monoisotopic (exact) mass is 479 g/mol. The van der Waals surface area contributed by atoms with E-state index < -0.39 is 29.4 Å². The quantitative estimate of drug-likeness (QED) is 0.632. The maximum absolute atomic E-state index is 14.1. The van der Waals surface area contributed by atoms with Crippen molar-refractivity contribution in [2.75, 3.05) is 26.3 Å². The van der Waals surface area contributed by atoms with Gasteiger partial charge in [0.25, 0.3) is 5.91 Å². The third-order valence-electron chi connectivity index (χ3n) is 6.88. The number of ether oxygens (including phenoxy) is 1. The predicted molar refractivity (Wildman–Crippen MR) is 124 cm³/mol. The number of nitriles is 1. The van der Waals surface area contributed by atoms with Crippen LogP contribution in [0.15, 0.2) is 47.1 Å². The molecule has 0 unspecified atom stereocenters. The van der Waals surface area contributed by atoms with Crippen LogP contribution in [0.4, 0.5) is 0 Å². The van der Waals surface area contributed by atoms with Gasteiger partial charge < -0.3 is 24.1 Å². The standard InChI is InChI=1S/C26H29N3O6/c1-2-34-24(32)20-16-26(10-3-4-11-28(12-13-30)25(26)33)29(22(20)21-9-6-14-35-21)23(31)19-8-5-7-18(15-19)17-27/h5-9,14-15,20,22,30H,2-4,10-13,16H2,1H3/t20-,22+,26-/m0/s1. The number of hydrogen-bond donors (Lipinski definition) is 1. The SMILES string of the molecule is CCOC(=O)[C@H]1C[C@]2(CCCCN(CCO)C2=O)N(C(=O)c2cccc(C#N)c2)[C@H]1c1ccco1. The summed E-state index contributed by atoms with van der Waals surface area (Å²) in [5, 5.41) is 19.0. The molecule has 1 N–H and O–H groups in total. The molecule has 3 atom stereocenters. The molecule has 1 spiro atoms. The summed E-state index contributed by atoms with van der Waals surface area (Å²) in [6, 6.07) is 10.8. The first kappa shape index (κ1) is 24.5. The number of carbonyl (C=O) groups excluding carboxylic acids is 3. The van der Waals surface area contributed by atoms with Crippen molar-refractivity contribution in [1.29, 1.82) is 5.26 Å². The summed E-state index contributed by atoms with van der Waals surface area (Å²) in [5.74, 6) is -1.69. The number of β-amino-alcohol motifs (C(OH)–C–C–N with tert-alkyl or cyclic N) is 1. The first-order valence-electron chi connectivity index (χ1n) is 11.9. The minimum absolute atomic E-state index is 0.0850. The van der Waals surface area contributed by atoms with Crippen LogP contribution in [-0.2, 0) is 14.3 Å². The number of rotatable bonds is 6. The minimum atomic E-state index is -1.32. The topological polar surface area (TPSA) is 124 Å².